The van der Waals surface area contributed by atoms with Crippen molar-refractivity contribution in [2.24, 2.45) is 0 Å². The Morgan fingerprint density at radius 2 is 0.530 bits per heavy atom. The number of benzene rings is 6. The van der Waals surface area contributed by atoms with E-state index in [2.05, 4.69) is 186 Å². The minimum absolute atomic E-state index is 0.793. The van der Waals surface area contributed by atoms with Gasteiger partial charge in [-0.15, -0.1) is 0 Å². The molecular formula is C60H38N6. The number of pyridine rings is 6. The van der Waals surface area contributed by atoms with Gasteiger partial charge in [0, 0.05) is 37.2 Å². The molecule has 6 heteroatoms. The molecule has 6 aromatic carbocycles. The highest BCUT2D eigenvalue weighted by Crippen LogP contribution is 2.41. The predicted molar refractivity (Wildman–Crippen MR) is 269 cm³/mol. The standard InChI is InChI=1S/C60H38N6/c1-2-16-47-39(10-1)11-5-17-48(47)42-23-29-63-55(34-42)56-36-44(25-31-64-56)51-20-8-14-41-15-9-21-52(60(41)51)46-27-33-66-58(38-46)57-37-45(26-32-65-57)50-19-7-13-40-12-6-18-49(59(40)50)43-24-30-62-54(35-43)53-22-3-4-28-61-53/h1-38H. The SMILES string of the molecule is c1ccc(-c2cc(-c3cccc4cccc(-c5ccnc(-c6cc(-c7cccc8cccc(-c9ccnc(-c%10cc(-c%11cccc%12ccccc%11%12)ccn%10)c9)c78)ccn6)c5)c34)ccn2)nc1. The minimum atomic E-state index is 0.793. The van der Waals surface area contributed by atoms with Crippen LogP contribution >= 0.6 is 0 Å². The molecule has 0 amide bonds. The Hall–Kier alpha value is -9.00. The van der Waals surface area contributed by atoms with Crippen LogP contribution in [0.25, 0.3) is 122 Å². The van der Waals surface area contributed by atoms with Crippen LogP contribution < -0.4 is 0 Å². The van der Waals surface area contributed by atoms with Crippen molar-refractivity contribution < 1.29 is 0 Å². The van der Waals surface area contributed by atoms with Crippen LogP contribution in [0.15, 0.2) is 231 Å². The molecule has 0 aliphatic rings. The number of hydrogen-bond acceptors (Lipinski definition) is 6. The van der Waals surface area contributed by atoms with Gasteiger partial charge in [-0.3, -0.25) is 29.9 Å². The van der Waals surface area contributed by atoms with E-state index in [-0.39, 0.29) is 0 Å². The summed E-state index contributed by atoms with van der Waals surface area (Å²) in [6.45, 7) is 0. The van der Waals surface area contributed by atoms with Gasteiger partial charge in [0.25, 0.3) is 0 Å². The van der Waals surface area contributed by atoms with Crippen molar-refractivity contribution in [3.05, 3.63) is 231 Å². The summed E-state index contributed by atoms with van der Waals surface area (Å²) in [5, 5.41) is 7.03. The van der Waals surface area contributed by atoms with Crippen LogP contribution in [0.3, 0.4) is 0 Å². The maximum atomic E-state index is 4.90. The lowest BCUT2D eigenvalue weighted by atomic mass is 9.91. The van der Waals surface area contributed by atoms with Gasteiger partial charge in [-0.05, 0) is 161 Å². The zero-order valence-electron chi connectivity index (χ0n) is 35.6. The van der Waals surface area contributed by atoms with E-state index in [1.54, 1.807) is 6.20 Å². The molecule has 0 fully saturated rings. The van der Waals surface area contributed by atoms with Gasteiger partial charge < -0.3 is 0 Å². The molecule has 308 valence electrons. The first kappa shape index (κ1) is 38.7. The number of fused-ring (bicyclic) bond motifs is 3. The number of rotatable bonds is 8. The van der Waals surface area contributed by atoms with Crippen LogP contribution in [-0.4, -0.2) is 29.9 Å². The molecule has 0 N–H and O–H groups in total. The smallest absolute Gasteiger partial charge is 0.0892 e. The van der Waals surface area contributed by atoms with E-state index in [0.717, 1.165) is 106 Å². The summed E-state index contributed by atoms with van der Waals surface area (Å²) in [5.74, 6) is 0. The third-order valence-corrected chi connectivity index (χ3v) is 12.4. The summed E-state index contributed by atoms with van der Waals surface area (Å²) in [4.78, 5) is 28.6. The van der Waals surface area contributed by atoms with E-state index in [4.69, 9.17) is 19.9 Å². The molecule has 6 nitrogen and oxygen atoms in total. The van der Waals surface area contributed by atoms with Crippen molar-refractivity contribution in [2.75, 3.05) is 0 Å². The van der Waals surface area contributed by atoms with E-state index in [0.29, 0.717) is 0 Å². The monoisotopic (exact) mass is 842 g/mol. The first-order valence-corrected chi connectivity index (χ1v) is 22.0. The van der Waals surface area contributed by atoms with E-state index in [9.17, 15) is 0 Å². The Morgan fingerprint density at radius 3 is 0.939 bits per heavy atom. The quantitative estimate of drug-likeness (QED) is 0.152. The molecule has 0 atom stereocenters. The fourth-order valence-corrected chi connectivity index (χ4v) is 9.33. The predicted octanol–water partition coefficient (Wildman–Crippen LogP) is 14.9. The molecule has 0 aliphatic heterocycles. The highest BCUT2D eigenvalue weighted by Gasteiger charge is 2.16. The van der Waals surface area contributed by atoms with Gasteiger partial charge in [0.15, 0.2) is 0 Å². The molecule has 6 heterocycles. The molecule has 12 aromatic rings. The Bertz CT molecular complexity index is 3770. The second-order valence-corrected chi connectivity index (χ2v) is 16.3. The average molecular weight is 843 g/mol. The van der Waals surface area contributed by atoms with Crippen LogP contribution in [0.5, 0.6) is 0 Å². The van der Waals surface area contributed by atoms with Gasteiger partial charge in [-0.1, -0.05) is 121 Å². The van der Waals surface area contributed by atoms with Gasteiger partial charge in [0.05, 0.1) is 34.2 Å². The molecule has 0 bridgehead atoms. The van der Waals surface area contributed by atoms with E-state index in [1.165, 1.54) is 16.3 Å². The topological polar surface area (TPSA) is 77.3 Å². The van der Waals surface area contributed by atoms with E-state index < -0.39 is 0 Å². The average Bonchev–Trinajstić information content (AvgIpc) is 3.40. The lowest BCUT2D eigenvalue weighted by Gasteiger charge is -2.15. The molecular weight excluding hydrogens is 805 g/mol. The van der Waals surface area contributed by atoms with Gasteiger partial charge in [0.2, 0.25) is 0 Å². The van der Waals surface area contributed by atoms with Gasteiger partial charge in [-0.25, -0.2) is 0 Å². The molecule has 12 rings (SSSR count). The van der Waals surface area contributed by atoms with Crippen molar-refractivity contribution in [3.63, 3.8) is 0 Å². The van der Waals surface area contributed by atoms with Gasteiger partial charge in [-0.2, -0.15) is 0 Å². The van der Waals surface area contributed by atoms with Crippen molar-refractivity contribution in [2.45, 2.75) is 0 Å². The number of aromatic nitrogens is 6. The first-order chi connectivity index (χ1) is 32.7. The zero-order chi connectivity index (χ0) is 43.8. The Kier molecular flexibility index (Phi) is 9.73. The van der Waals surface area contributed by atoms with Crippen LogP contribution in [0.4, 0.5) is 0 Å². The normalized spacial score (nSPS) is 11.3. The van der Waals surface area contributed by atoms with E-state index in [1.807, 2.05) is 49.2 Å². The van der Waals surface area contributed by atoms with Crippen molar-refractivity contribution in [1.29, 1.82) is 0 Å². The van der Waals surface area contributed by atoms with Gasteiger partial charge in [0.1, 0.15) is 0 Å². The number of hydrogen-bond donors (Lipinski definition) is 0. The van der Waals surface area contributed by atoms with Crippen LogP contribution in [0, 0.1) is 0 Å². The second-order valence-electron chi connectivity index (χ2n) is 16.3. The fraction of sp³-hybridized carbons (Fsp3) is 0. The zero-order valence-corrected chi connectivity index (χ0v) is 35.6. The molecule has 0 aliphatic carbocycles. The van der Waals surface area contributed by atoms with Crippen LogP contribution in [0.2, 0.25) is 0 Å². The highest BCUT2D eigenvalue weighted by molar-refractivity contribution is 6.08. The molecule has 6 aromatic heterocycles. The minimum Gasteiger partial charge on any atom is -0.255 e. The summed E-state index contributed by atoms with van der Waals surface area (Å²) >= 11 is 0. The van der Waals surface area contributed by atoms with Crippen molar-refractivity contribution in [1.82, 2.24) is 29.9 Å². The van der Waals surface area contributed by atoms with Crippen molar-refractivity contribution in [3.8, 4) is 89.8 Å². The Balaban J connectivity index is 0.913. The van der Waals surface area contributed by atoms with Crippen molar-refractivity contribution >= 4 is 32.3 Å². The summed E-state index contributed by atoms with van der Waals surface area (Å²) < 4.78 is 0. The third kappa shape index (κ3) is 7.13. The third-order valence-electron chi connectivity index (χ3n) is 12.4. The largest absolute Gasteiger partial charge is 0.255 e. The molecule has 0 saturated heterocycles. The lowest BCUT2D eigenvalue weighted by Crippen LogP contribution is -1.93. The molecule has 0 unspecified atom stereocenters. The maximum absolute atomic E-state index is 4.90. The van der Waals surface area contributed by atoms with Gasteiger partial charge >= 0.3 is 0 Å². The molecule has 0 spiro atoms. The Labute approximate surface area is 381 Å². The maximum Gasteiger partial charge on any atom is 0.0892 e. The summed E-state index contributed by atoms with van der Waals surface area (Å²) in [5.41, 5.74) is 15.9. The fourth-order valence-electron chi connectivity index (χ4n) is 9.33. The van der Waals surface area contributed by atoms with Crippen LogP contribution in [-0.2, 0) is 0 Å². The van der Waals surface area contributed by atoms with Crippen LogP contribution in [0.1, 0.15) is 0 Å². The summed E-state index contributed by atoms with van der Waals surface area (Å²) in [7, 11) is 0. The molecule has 66 heavy (non-hydrogen) atoms. The Morgan fingerprint density at radius 1 is 0.212 bits per heavy atom. The summed E-state index contributed by atoms with van der Waals surface area (Å²) in [6, 6.07) is 67.9. The second kappa shape index (κ2) is 16.6. The molecule has 0 saturated carbocycles. The molecule has 0 radical (unpaired) electrons. The summed E-state index contributed by atoms with van der Waals surface area (Å²) in [6.07, 6.45) is 11.2. The lowest BCUT2D eigenvalue weighted by molar-refractivity contribution is 1.25. The number of nitrogens with zero attached hydrogens (tertiary/aromatic N) is 6. The highest BCUT2D eigenvalue weighted by atomic mass is 14.8. The first-order valence-electron chi connectivity index (χ1n) is 22.0. The van der Waals surface area contributed by atoms with E-state index >= 15 is 0 Å².